The van der Waals surface area contributed by atoms with Crippen molar-refractivity contribution in [1.29, 1.82) is 0 Å². The summed E-state index contributed by atoms with van der Waals surface area (Å²) < 4.78 is 32.8. The van der Waals surface area contributed by atoms with Crippen LogP contribution in [0.25, 0.3) is 10.8 Å². The van der Waals surface area contributed by atoms with Gasteiger partial charge in [-0.1, -0.05) is 12.1 Å². The SMILES string of the molecule is COc1ccc(NS(=O)(=O)c2cccc3cnccc23)cc1. The first-order valence-corrected chi connectivity index (χ1v) is 8.08. The third-order valence-corrected chi connectivity index (χ3v) is 4.71. The van der Waals surface area contributed by atoms with Crippen molar-refractivity contribution >= 4 is 26.5 Å². The number of pyridine rings is 1. The lowest BCUT2D eigenvalue weighted by atomic mass is 10.2. The van der Waals surface area contributed by atoms with E-state index in [4.69, 9.17) is 4.74 Å². The molecule has 0 amide bonds. The molecule has 0 fully saturated rings. The molecule has 0 aliphatic carbocycles. The Kier molecular flexibility index (Phi) is 3.68. The average molecular weight is 314 g/mol. The Labute approximate surface area is 128 Å². The molecule has 0 aliphatic heterocycles. The van der Waals surface area contributed by atoms with E-state index in [1.165, 1.54) is 0 Å². The summed E-state index contributed by atoms with van der Waals surface area (Å²) in [6.45, 7) is 0. The number of rotatable bonds is 4. The molecule has 0 unspecified atom stereocenters. The first-order valence-electron chi connectivity index (χ1n) is 6.60. The van der Waals surface area contributed by atoms with Crippen LogP contribution in [0.3, 0.4) is 0 Å². The molecular weight excluding hydrogens is 300 g/mol. The fourth-order valence-corrected chi connectivity index (χ4v) is 3.49. The first-order chi connectivity index (χ1) is 10.6. The summed E-state index contributed by atoms with van der Waals surface area (Å²) in [5.41, 5.74) is 0.479. The molecule has 112 valence electrons. The number of nitrogens with zero attached hydrogens (tertiary/aromatic N) is 1. The van der Waals surface area contributed by atoms with E-state index < -0.39 is 10.0 Å². The third-order valence-electron chi connectivity index (χ3n) is 3.27. The molecule has 0 saturated carbocycles. The van der Waals surface area contributed by atoms with E-state index in [1.54, 1.807) is 62.0 Å². The van der Waals surface area contributed by atoms with E-state index in [2.05, 4.69) is 9.71 Å². The van der Waals surface area contributed by atoms with Gasteiger partial charge in [0.15, 0.2) is 0 Å². The summed E-state index contributed by atoms with van der Waals surface area (Å²) >= 11 is 0. The normalized spacial score (nSPS) is 11.3. The van der Waals surface area contributed by atoms with Crippen LogP contribution in [0.4, 0.5) is 5.69 Å². The summed E-state index contributed by atoms with van der Waals surface area (Å²) in [4.78, 5) is 4.24. The maximum atomic E-state index is 12.6. The Bertz CT molecular complexity index is 901. The molecule has 22 heavy (non-hydrogen) atoms. The van der Waals surface area contributed by atoms with Crippen molar-refractivity contribution in [2.45, 2.75) is 4.90 Å². The van der Waals surface area contributed by atoms with Gasteiger partial charge in [-0.05, 0) is 36.4 Å². The van der Waals surface area contributed by atoms with E-state index in [0.717, 1.165) is 5.39 Å². The van der Waals surface area contributed by atoms with Crippen molar-refractivity contribution in [3.8, 4) is 5.75 Å². The molecule has 1 N–H and O–H groups in total. The second-order valence-electron chi connectivity index (χ2n) is 4.69. The Morgan fingerprint density at radius 1 is 1.05 bits per heavy atom. The molecule has 0 spiro atoms. The number of anilines is 1. The molecule has 0 radical (unpaired) electrons. The lowest BCUT2D eigenvalue weighted by Crippen LogP contribution is -2.13. The van der Waals surface area contributed by atoms with Crippen LogP contribution in [0.1, 0.15) is 0 Å². The standard InChI is InChI=1S/C16H14N2O3S/c1-21-14-7-5-13(6-8-14)18-22(19,20)16-4-2-3-12-11-17-10-9-15(12)16/h2-11,18H,1H3. The van der Waals surface area contributed by atoms with Crippen molar-refractivity contribution in [1.82, 2.24) is 4.98 Å². The van der Waals surface area contributed by atoms with Gasteiger partial charge in [-0.25, -0.2) is 8.42 Å². The Morgan fingerprint density at radius 2 is 1.82 bits per heavy atom. The summed E-state index contributed by atoms with van der Waals surface area (Å²) in [5, 5.41) is 1.42. The van der Waals surface area contributed by atoms with Gasteiger partial charge in [0.05, 0.1) is 12.0 Å². The molecule has 1 heterocycles. The number of sulfonamides is 1. The van der Waals surface area contributed by atoms with Gasteiger partial charge in [-0.2, -0.15) is 0 Å². The highest BCUT2D eigenvalue weighted by atomic mass is 32.2. The van der Waals surface area contributed by atoms with Gasteiger partial charge < -0.3 is 4.74 Å². The quantitative estimate of drug-likeness (QED) is 0.803. The molecule has 3 rings (SSSR count). The number of hydrogen-bond donors (Lipinski definition) is 1. The van der Waals surface area contributed by atoms with Crippen molar-refractivity contribution in [3.05, 3.63) is 60.9 Å². The molecule has 0 saturated heterocycles. The minimum atomic E-state index is -3.68. The molecule has 6 heteroatoms. The largest absolute Gasteiger partial charge is 0.497 e. The van der Waals surface area contributed by atoms with Crippen molar-refractivity contribution in [2.24, 2.45) is 0 Å². The fraction of sp³-hybridized carbons (Fsp3) is 0.0625. The van der Waals surface area contributed by atoms with E-state index in [0.29, 0.717) is 16.8 Å². The van der Waals surface area contributed by atoms with Crippen LogP contribution >= 0.6 is 0 Å². The van der Waals surface area contributed by atoms with Crippen LogP contribution in [0.5, 0.6) is 5.75 Å². The number of aromatic nitrogens is 1. The number of ether oxygens (including phenoxy) is 1. The predicted octanol–water partition coefficient (Wildman–Crippen LogP) is 3.04. The topological polar surface area (TPSA) is 68.3 Å². The Balaban J connectivity index is 2.01. The Morgan fingerprint density at radius 3 is 2.55 bits per heavy atom. The van der Waals surface area contributed by atoms with Crippen LogP contribution < -0.4 is 9.46 Å². The Hall–Kier alpha value is -2.60. The first kappa shape index (κ1) is 14.3. The monoisotopic (exact) mass is 314 g/mol. The molecule has 0 bridgehead atoms. The average Bonchev–Trinajstić information content (AvgIpc) is 2.54. The second-order valence-corrected chi connectivity index (χ2v) is 6.34. The molecule has 0 aliphatic rings. The molecule has 3 aromatic rings. The van der Waals surface area contributed by atoms with Crippen LogP contribution in [-0.4, -0.2) is 20.5 Å². The number of nitrogens with one attached hydrogen (secondary N) is 1. The summed E-state index contributed by atoms with van der Waals surface area (Å²) in [5.74, 6) is 0.666. The van der Waals surface area contributed by atoms with Crippen molar-refractivity contribution in [3.63, 3.8) is 0 Å². The zero-order valence-electron chi connectivity index (χ0n) is 11.9. The lowest BCUT2D eigenvalue weighted by molar-refractivity contribution is 0.415. The maximum absolute atomic E-state index is 12.6. The zero-order valence-corrected chi connectivity index (χ0v) is 12.7. The number of hydrogen-bond acceptors (Lipinski definition) is 4. The van der Waals surface area contributed by atoms with Gasteiger partial charge in [0, 0.05) is 28.9 Å². The summed E-state index contributed by atoms with van der Waals surface area (Å²) in [6.07, 6.45) is 3.22. The fourth-order valence-electron chi connectivity index (χ4n) is 2.20. The van der Waals surface area contributed by atoms with Gasteiger partial charge in [-0.3, -0.25) is 9.71 Å². The number of methoxy groups -OCH3 is 1. The smallest absolute Gasteiger partial charge is 0.262 e. The molecule has 5 nitrogen and oxygen atoms in total. The van der Waals surface area contributed by atoms with Crippen LogP contribution in [0, 0.1) is 0 Å². The van der Waals surface area contributed by atoms with E-state index in [9.17, 15) is 8.42 Å². The molecule has 2 aromatic carbocycles. The van der Waals surface area contributed by atoms with Gasteiger partial charge >= 0.3 is 0 Å². The lowest BCUT2D eigenvalue weighted by Gasteiger charge is -2.10. The van der Waals surface area contributed by atoms with E-state index in [1.807, 2.05) is 6.07 Å². The molecule has 0 atom stereocenters. The van der Waals surface area contributed by atoms with E-state index in [-0.39, 0.29) is 4.90 Å². The minimum absolute atomic E-state index is 0.225. The number of fused-ring (bicyclic) bond motifs is 1. The van der Waals surface area contributed by atoms with Crippen LogP contribution in [0.2, 0.25) is 0 Å². The van der Waals surface area contributed by atoms with Crippen LogP contribution in [0.15, 0.2) is 65.8 Å². The predicted molar refractivity (Wildman–Crippen MR) is 85.5 cm³/mol. The molecular formula is C16H14N2O3S. The van der Waals surface area contributed by atoms with Gasteiger partial charge in [0.2, 0.25) is 0 Å². The highest BCUT2D eigenvalue weighted by Crippen LogP contribution is 2.25. The van der Waals surface area contributed by atoms with Gasteiger partial charge in [0.1, 0.15) is 5.75 Å². The van der Waals surface area contributed by atoms with E-state index >= 15 is 0 Å². The highest BCUT2D eigenvalue weighted by Gasteiger charge is 2.17. The minimum Gasteiger partial charge on any atom is -0.497 e. The van der Waals surface area contributed by atoms with Crippen molar-refractivity contribution in [2.75, 3.05) is 11.8 Å². The maximum Gasteiger partial charge on any atom is 0.262 e. The highest BCUT2D eigenvalue weighted by molar-refractivity contribution is 7.93. The van der Waals surface area contributed by atoms with Gasteiger partial charge in [0.25, 0.3) is 10.0 Å². The summed E-state index contributed by atoms with van der Waals surface area (Å²) in [7, 11) is -2.12. The zero-order chi connectivity index (χ0) is 15.6. The van der Waals surface area contributed by atoms with Crippen molar-refractivity contribution < 1.29 is 13.2 Å². The van der Waals surface area contributed by atoms with Crippen LogP contribution in [-0.2, 0) is 10.0 Å². The third kappa shape index (κ3) is 2.73. The van der Waals surface area contributed by atoms with Gasteiger partial charge in [-0.15, -0.1) is 0 Å². The second kappa shape index (κ2) is 5.65. The number of benzene rings is 2. The summed E-state index contributed by atoms with van der Waals surface area (Å²) in [6, 6.07) is 13.5. The molecule has 1 aromatic heterocycles.